The number of nitrogens with one attached hydrogen (secondary N) is 1. The van der Waals surface area contributed by atoms with E-state index in [0.29, 0.717) is 17.0 Å². The highest BCUT2D eigenvalue weighted by Gasteiger charge is 2.35. The molecular weight excluding hydrogens is 490 g/mol. The smallest absolute Gasteiger partial charge is 0.248 e. The quantitative estimate of drug-likeness (QED) is 0.354. The number of carbonyl (C=O) groups excluding carboxylic acids is 2. The monoisotopic (exact) mass is 519 g/mol. The predicted molar refractivity (Wildman–Crippen MR) is 140 cm³/mol. The maximum absolute atomic E-state index is 14.0. The first-order valence-corrected chi connectivity index (χ1v) is 13.0. The number of para-hydroxylation sites is 1. The van der Waals surface area contributed by atoms with E-state index >= 15 is 0 Å². The Morgan fingerprint density at radius 1 is 1.14 bits per heavy atom. The maximum Gasteiger partial charge on any atom is 0.248 e. The summed E-state index contributed by atoms with van der Waals surface area (Å²) in [4.78, 5) is 30.1. The van der Waals surface area contributed by atoms with E-state index in [0.717, 1.165) is 22.4 Å². The molecule has 9 nitrogen and oxygen atoms in total. The summed E-state index contributed by atoms with van der Waals surface area (Å²) in [5, 5.41) is 13.4. The second-order valence-corrected chi connectivity index (χ2v) is 10.6. The van der Waals surface area contributed by atoms with Crippen molar-refractivity contribution < 1.29 is 19.1 Å². The molecule has 1 aliphatic heterocycles. The van der Waals surface area contributed by atoms with Gasteiger partial charge in [-0.1, -0.05) is 36.4 Å². The zero-order chi connectivity index (χ0) is 26.0. The van der Waals surface area contributed by atoms with Gasteiger partial charge in [0, 0.05) is 17.0 Å². The van der Waals surface area contributed by atoms with Gasteiger partial charge in [-0.2, -0.15) is 0 Å². The number of rotatable bonds is 9. The molecule has 0 saturated carbocycles. The van der Waals surface area contributed by atoms with E-state index in [1.54, 1.807) is 9.58 Å². The molecule has 0 unspecified atom stereocenters. The number of carbonyl (C=O) groups is 2. The minimum absolute atomic E-state index is 0.0581. The van der Waals surface area contributed by atoms with Crippen LogP contribution in [-0.2, 0) is 22.7 Å². The average Bonchev–Trinajstić information content (AvgIpc) is 3.65. The van der Waals surface area contributed by atoms with Crippen LogP contribution in [0.4, 0.5) is 0 Å². The summed E-state index contributed by atoms with van der Waals surface area (Å²) in [5.41, 5.74) is 1.85. The lowest BCUT2D eigenvalue weighted by Crippen LogP contribution is -2.50. The zero-order valence-electron chi connectivity index (χ0n) is 21.0. The van der Waals surface area contributed by atoms with Crippen LogP contribution < -0.4 is 14.8 Å². The third kappa shape index (κ3) is 5.29. The van der Waals surface area contributed by atoms with Gasteiger partial charge in [-0.25, -0.2) is 4.68 Å². The highest BCUT2D eigenvalue weighted by Crippen LogP contribution is 2.34. The van der Waals surface area contributed by atoms with E-state index in [4.69, 9.17) is 9.47 Å². The molecule has 0 fully saturated rings. The molecule has 0 spiro atoms. The number of ether oxygens (including phenoxy) is 2. The second kappa shape index (κ2) is 10.2. The van der Waals surface area contributed by atoms with Gasteiger partial charge in [0.2, 0.25) is 18.6 Å². The summed E-state index contributed by atoms with van der Waals surface area (Å²) < 4.78 is 12.6. The molecule has 0 aliphatic carbocycles. The van der Waals surface area contributed by atoms with E-state index in [2.05, 4.69) is 15.6 Å². The van der Waals surface area contributed by atoms with Crippen LogP contribution in [0.25, 0.3) is 11.0 Å². The number of thiophene rings is 1. The first-order chi connectivity index (χ1) is 17.8. The lowest BCUT2D eigenvalue weighted by atomic mass is 10.0. The van der Waals surface area contributed by atoms with Crippen LogP contribution in [0.3, 0.4) is 0 Å². The molecule has 10 heteroatoms. The van der Waals surface area contributed by atoms with E-state index < -0.39 is 11.6 Å². The first-order valence-electron chi connectivity index (χ1n) is 12.2. The summed E-state index contributed by atoms with van der Waals surface area (Å²) in [5.74, 6) is 0.799. The Balaban J connectivity index is 1.52. The Morgan fingerprint density at radius 3 is 2.73 bits per heavy atom. The van der Waals surface area contributed by atoms with Crippen molar-refractivity contribution in [1.82, 2.24) is 25.2 Å². The van der Waals surface area contributed by atoms with Gasteiger partial charge in [-0.15, -0.1) is 16.4 Å². The van der Waals surface area contributed by atoms with Crippen LogP contribution in [0.2, 0.25) is 0 Å². The number of hydrogen-bond donors (Lipinski definition) is 1. The molecule has 1 atom stereocenters. The van der Waals surface area contributed by atoms with Crippen molar-refractivity contribution in [3.63, 3.8) is 0 Å². The molecule has 0 radical (unpaired) electrons. The number of benzene rings is 2. The Morgan fingerprint density at radius 2 is 1.95 bits per heavy atom. The fourth-order valence-corrected chi connectivity index (χ4v) is 5.01. The third-order valence-corrected chi connectivity index (χ3v) is 7.46. The summed E-state index contributed by atoms with van der Waals surface area (Å²) >= 11 is 1.45. The van der Waals surface area contributed by atoms with Crippen molar-refractivity contribution in [1.29, 1.82) is 0 Å². The molecule has 2 aromatic carbocycles. The van der Waals surface area contributed by atoms with Crippen molar-refractivity contribution in [2.24, 2.45) is 0 Å². The molecule has 1 N–H and O–H groups in total. The molecule has 37 heavy (non-hydrogen) atoms. The number of nitrogens with zero attached hydrogens (tertiary/aromatic N) is 4. The fraction of sp³-hybridized carbons (Fsp3) is 0.333. The van der Waals surface area contributed by atoms with Crippen LogP contribution >= 0.6 is 11.3 Å². The Kier molecular flexibility index (Phi) is 6.84. The molecule has 5 rings (SSSR count). The van der Waals surface area contributed by atoms with E-state index in [-0.39, 0.29) is 31.7 Å². The van der Waals surface area contributed by atoms with Gasteiger partial charge in [0.05, 0.1) is 5.52 Å². The van der Waals surface area contributed by atoms with Gasteiger partial charge in [0.25, 0.3) is 0 Å². The second-order valence-electron chi connectivity index (χ2n) is 9.59. The van der Waals surface area contributed by atoms with Gasteiger partial charge >= 0.3 is 0 Å². The Bertz CT molecular complexity index is 1420. The minimum atomic E-state index is -0.821. The zero-order valence-corrected chi connectivity index (χ0v) is 21.8. The highest BCUT2D eigenvalue weighted by molar-refractivity contribution is 7.10. The van der Waals surface area contributed by atoms with Gasteiger partial charge in [0.15, 0.2) is 11.5 Å². The van der Waals surface area contributed by atoms with E-state index in [9.17, 15) is 9.59 Å². The lowest BCUT2D eigenvalue weighted by Gasteiger charge is -2.34. The summed E-state index contributed by atoms with van der Waals surface area (Å²) in [6.07, 6.45) is 0.747. The Hall–Kier alpha value is -3.92. The Labute approximate surface area is 219 Å². The van der Waals surface area contributed by atoms with Crippen molar-refractivity contribution >= 4 is 34.2 Å². The number of amides is 2. The van der Waals surface area contributed by atoms with Gasteiger partial charge in [-0.05, 0) is 61.5 Å². The molecule has 2 aromatic heterocycles. The first kappa shape index (κ1) is 24.8. The van der Waals surface area contributed by atoms with Crippen LogP contribution in [0, 0.1) is 0 Å². The van der Waals surface area contributed by atoms with Crippen LogP contribution in [0.15, 0.2) is 60.0 Å². The summed E-state index contributed by atoms with van der Waals surface area (Å²) in [6, 6.07) is 16.0. The van der Waals surface area contributed by atoms with Gasteiger partial charge < -0.3 is 19.7 Å². The average molecular weight is 520 g/mol. The molecule has 2 amide bonds. The molecule has 3 heterocycles. The van der Waals surface area contributed by atoms with Crippen LogP contribution in [-0.4, -0.2) is 44.0 Å². The third-order valence-electron chi connectivity index (χ3n) is 6.53. The van der Waals surface area contributed by atoms with E-state index in [1.165, 1.54) is 11.3 Å². The SMILES string of the molecule is CCC(C)(C)NC(=O)[C@H](c1cccs1)N(Cc1ccc2c(c1)OCO2)C(=O)Cn1nnc2ccccc21. The molecule has 4 aromatic rings. The molecule has 1 aliphatic rings. The standard InChI is InChI=1S/C27H29N5O4S/c1-4-27(2,3)28-26(34)25(23-10-7-13-37-23)31(15-18-11-12-21-22(14-18)36-17-35-21)24(33)16-32-20-9-6-5-8-19(20)29-30-32/h5-14,25H,4,15-17H2,1-3H3,(H,28,34)/t25-/m0/s1. The molecule has 192 valence electrons. The van der Waals surface area contributed by atoms with Crippen molar-refractivity contribution in [3.05, 3.63) is 70.4 Å². The number of fused-ring (bicyclic) bond motifs is 2. The van der Waals surface area contributed by atoms with Crippen LogP contribution in [0.1, 0.15) is 43.7 Å². The minimum Gasteiger partial charge on any atom is -0.454 e. The van der Waals surface area contributed by atoms with Crippen molar-refractivity contribution in [3.8, 4) is 11.5 Å². The summed E-state index contributed by atoms with van der Waals surface area (Å²) in [6.45, 7) is 6.27. The molecular formula is C27H29N5O4S. The predicted octanol–water partition coefficient (Wildman–Crippen LogP) is 4.30. The molecule has 0 bridgehead atoms. The summed E-state index contributed by atoms with van der Waals surface area (Å²) in [7, 11) is 0. The van der Waals surface area contributed by atoms with Crippen molar-refractivity contribution in [2.75, 3.05) is 6.79 Å². The largest absolute Gasteiger partial charge is 0.454 e. The normalized spacial score (nSPS) is 13.5. The fourth-order valence-electron chi connectivity index (χ4n) is 4.17. The van der Waals surface area contributed by atoms with E-state index in [1.807, 2.05) is 80.7 Å². The van der Waals surface area contributed by atoms with Crippen LogP contribution in [0.5, 0.6) is 11.5 Å². The number of aromatic nitrogens is 3. The number of hydrogen-bond acceptors (Lipinski definition) is 7. The topological polar surface area (TPSA) is 98.6 Å². The van der Waals surface area contributed by atoms with Crippen molar-refractivity contribution in [2.45, 2.75) is 51.9 Å². The molecule has 0 saturated heterocycles. The maximum atomic E-state index is 14.0. The van der Waals surface area contributed by atoms with Gasteiger partial charge in [0.1, 0.15) is 18.1 Å². The highest BCUT2D eigenvalue weighted by atomic mass is 32.1. The lowest BCUT2D eigenvalue weighted by molar-refractivity contribution is -0.142. The van der Waals surface area contributed by atoms with Gasteiger partial charge in [-0.3, -0.25) is 9.59 Å².